The minimum atomic E-state index is -0.851. The molecule has 0 fully saturated rings. The SMILES string of the molecule is Cc1ccsc1C(O)c1cc(F)ccc1N. The number of aliphatic hydroxyl groups is 1. The molecule has 0 aliphatic rings. The number of aryl methyl sites for hydroxylation is 1. The Hall–Kier alpha value is -1.39. The molecule has 2 nitrogen and oxygen atoms in total. The smallest absolute Gasteiger partial charge is 0.123 e. The Morgan fingerprint density at radius 2 is 2.12 bits per heavy atom. The number of halogens is 1. The second-order valence-corrected chi connectivity index (χ2v) is 4.59. The van der Waals surface area contributed by atoms with Crippen LogP contribution in [0.4, 0.5) is 10.1 Å². The highest BCUT2D eigenvalue weighted by Gasteiger charge is 2.17. The highest BCUT2D eigenvalue weighted by Crippen LogP contribution is 2.32. The van der Waals surface area contributed by atoms with Crippen LogP contribution >= 0.6 is 11.3 Å². The van der Waals surface area contributed by atoms with Crippen LogP contribution in [-0.4, -0.2) is 5.11 Å². The quantitative estimate of drug-likeness (QED) is 0.789. The predicted molar refractivity (Wildman–Crippen MR) is 63.9 cm³/mol. The van der Waals surface area contributed by atoms with Crippen LogP contribution in [0.1, 0.15) is 22.1 Å². The van der Waals surface area contributed by atoms with Crippen molar-refractivity contribution in [3.05, 3.63) is 51.5 Å². The van der Waals surface area contributed by atoms with Crippen molar-refractivity contribution in [2.75, 3.05) is 5.73 Å². The zero-order valence-electron chi connectivity index (χ0n) is 8.77. The molecule has 1 aromatic carbocycles. The third kappa shape index (κ3) is 1.94. The fourth-order valence-corrected chi connectivity index (χ4v) is 2.52. The van der Waals surface area contributed by atoms with E-state index in [-0.39, 0.29) is 0 Å². The minimum Gasteiger partial charge on any atom is -0.398 e. The largest absolute Gasteiger partial charge is 0.398 e. The third-order valence-corrected chi connectivity index (χ3v) is 3.56. The van der Waals surface area contributed by atoms with E-state index >= 15 is 0 Å². The highest BCUT2D eigenvalue weighted by molar-refractivity contribution is 7.10. The number of aliphatic hydroxyl groups excluding tert-OH is 1. The van der Waals surface area contributed by atoms with Crippen LogP contribution < -0.4 is 5.73 Å². The fourth-order valence-electron chi connectivity index (χ4n) is 1.59. The summed E-state index contributed by atoms with van der Waals surface area (Å²) in [6.45, 7) is 1.91. The Morgan fingerprint density at radius 3 is 2.75 bits per heavy atom. The molecule has 0 amide bonds. The maximum Gasteiger partial charge on any atom is 0.123 e. The van der Waals surface area contributed by atoms with Gasteiger partial charge in [0.2, 0.25) is 0 Å². The van der Waals surface area contributed by atoms with Gasteiger partial charge < -0.3 is 10.8 Å². The minimum absolute atomic E-state index is 0.391. The molecule has 0 spiro atoms. The van der Waals surface area contributed by atoms with Gasteiger partial charge in [0.05, 0.1) is 0 Å². The Balaban J connectivity index is 2.45. The molecule has 0 aliphatic carbocycles. The molecule has 4 heteroatoms. The molecule has 1 unspecified atom stereocenters. The van der Waals surface area contributed by atoms with Crippen molar-refractivity contribution in [2.45, 2.75) is 13.0 Å². The fraction of sp³-hybridized carbons (Fsp3) is 0.167. The lowest BCUT2D eigenvalue weighted by Crippen LogP contribution is -2.03. The summed E-state index contributed by atoms with van der Waals surface area (Å²) in [5.74, 6) is -0.391. The van der Waals surface area contributed by atoms with E-state index in [0.29, 0.717) is 11.3 Å². The normalized spacial score (nSPS) is 12.7. The number of anilines is 1. The van der Waals surface area contributed by atoms with Crippen LogP contribution in [0.3, 0.4) is 0 Å². The Bertz CT molecular complexity index is 509. The number of rotatable bonds is 2. The van der Waals surface area contributed by atoms with Crippen molar-refractivity contribution < 1.29 is 9.50 Å². The summed E-state index contributed by atoms with van der Waals surface area (Å²) >= 11 is 1.44. The summed E-state index contributed by atoms with van der Waals surface area (Å²) in [5.41, 5.74) is 7.54. The van der Waals surface area contributed by atoms with E-state index in [0.717, 1.165) is 10.4 Å². The molecule has 16 heavy (non-hydrogen) atoms. The Kier molecular flexibility index (Phi) is 2.94. The molecular weight excluding hydrogens is 225 g/mol. The van der Waals surface area contributed by atoms with Gasteiger partial charge in [-0.3, -0.25) is 0 Å². The summed E-state index contributed by atoms with van der Waals surface area (Å²) < 4.78 is 13.1. The lowest BCUT2D eigenvalue weighted by atomic mass is 10.0. The molecule has 1 heterocycles. The Labute approximate surface area is 97.2 Å². The molecule has 0 bridgehead atoms. The van der Waals surface area contributed by atoms with E-state index in [4.69, 9.17) is 5.73 Å². The highest BCUT2D eigenvalue weighted by atomic mass is 32.1. The first-order valence-corrected chi connectivity index (χ1v) is 5.74. The number of nitrogens with two attached hydrogens (primary N) is 1. The Morgan fingerprint density at radius 1 is 1.38 bits per heavy atom. The number of thiophene rings is 1. The van der Waals surface area contributed by atoms with Gasteiger partial charge in [-0.15, -0.1) is 11.3 Å². The average Bonchev–Trinajstić information content (AvgIpc) is 2.67. The number of nitrogen functional groups attached to an aromatic ring is 1. The standard InChI is InChI=1S/C12H12FNOS/c1-7-4-5-16-12(7)11(15)9-6-8(13)2-3-10(9)14/h2-6,11,15H,14H2,1H3. The molecule has 0 saturated carbocycles. The topological polar surface area (TPSA) is 46.2 Å². The van der Waals surface area contributed by atoms with Gasteiger partial charge in [-0.2, -0.15) is 0 Å². The van der Waals surface area contributed by atoms with Crippen molar-refractivity contribution in [3.8, 4) is 0 Å². The molecule has 3 N–H and O–H groups in total. The van der Waals surface area contributed by atoms with Gasteiger partial charge in [0.25, 0.3) is 0 Å². The maximum atomic E-state index is 13.1. The second-order valence-electron chi connectivity index (χ2n) is 3.64. The van der Waals surface area contributed by atoms with Gasteiger partial charge >= 0.3 is 0 Å². The van der Waals surface area contributed by atoms with Crippen LogP contribution in [0.2, 0.25) is 0 Å². The first-order valence-electron chi connectivity index (χ1n) is 4.86. The summed E-state index contributed by atoms with van der Waals surface area (Å²) in [5, 5.41) is 12.0. The van der Waals surface area contributed by atoms with Crippen LogP contribution in [-0.2, 0) is 0 Å². The van der Waals surface area contributed by atoms with E-state index in [1.807, 2.05) is 18.4 Å². The van der Waals surface area contributed by atoms with Crippen LogP contribution in [0.5, 0.6) is 0 Å². The monoisotopic (exact) mass is 237 g/mol. The van der Waals surface area contributed by atoms with Gasteiger partial charge in [-0.25, -0.2) is 4.39 Å². The molecule has 0 saturated heterocycles. The molecule has 2 rings (SSSR count). The van der Waals surface area contributed by atoms with Gasteiger partial charge in [-0.05, 0) is 42.1 Å². The van der Waals surface area contributed by atoms with E-state index in [1.54, 1.807) is 0 Å². The van der Waals surface area contributed by atoms with Gasteiger partial charge in [0, 0.05) is 16.1 Å². The zero-order chi connectivity index (χ0) is 11.7. The first-order chi connectivity index (χ1) is 7.59. The molecule has 0 aliphatic heterocycles. The van der Waals surface area contributed by atoms with Crippen molar-refractivity contribution in [3.63, 3.8) is 0 Å². The second kappa shape index (κ2) is 4.23. The van der Waals surface area contributed by atoms with Gasteiger partial charge in [-0.1, -0.05) is 0 Å². The summed E-state index contributed by atoms with van der Waals surface area (Å²) in [4.78, 5) is 0.803. The maximum absolute atomic E-state index is 13.1. The van der Waals surface area contributed by atoms with E-state index in [1.165, 1.54) is 29.5 Å². The number of hydrogen-bond acceptors (Lipinski definition) is 3. The van der Waals surface area contributed by atoms with E-state index in [2.05, 4.69) is 0 Å². The van der Waals surface area contributed by atoms with E-state index in [9.17, 15) is 9.50 Å². The lowest BCUT2D eigenvalue weighted by Gasteiger charge is -2.13. The van der Waals surface area contributed by atoms with Crippen LogP contribution in [0, 0.1) is 12.7 Å². The van der Waals surface area contributed by atoms with Gasteiger partial charge in [0.1, 0.15) is 11.9 Å². The molecule has 0 radical (unpaired) electrons. The van der Waals surface area contributed by atoms with Crippen LogP contribution in [0.15, 0.2) is 29.6 Å². The van der Waals surface area contributed by atoms with E-state index < -0.39 is 11.9 Å². The van der Waals surface area contributed by atoms with Crippen molar-refractivity contribution in [1.29, 1.82) is 0 Å². The molecule has 1 aromatic heterocycles. The van der Waals surface area contributed by atoms with Crippen molar-refractivity contribution >= 4 is 17.0 Å². The summed E-state index contributed by atoms with van der Waals surface area (Å²) in [7, 11) is 0. The number of hydrogen-bond donors (Lipinski definition) is 2. The molecule has 84 valence electrons. The predicted octanol–water partition coefficient (Wildman–Crippen LogP) is 2.86. The van der Waals surface area contributed by atoms with Crippen molar-refractivity contribution in [1.82, 2.24) is 0 Å². The zero-order valence-corrected chi connectivity index (χ0v) is 9.59. The molecule has 1 atom stereocenters. The molecule has 2 aromatic rings. The summed E-state index contributed by atoms with van der Waals surface area (Å²) in [6, 6.07) is 5.95. The average molecular weight is 237 g/mol. The van der Waals surface area contributed by atoms with Crippen molar-refractivity contribution in [2.24, 2.45) is 0 Å². The molecular formula is C12H12FNOS. The number of benzene rings is 1. The third-order valence-electron chi connectivity index (χ3n) is 2.49. The van der Waals surface area contributed by atoms with Crippen LogP contribution in [0.25, 0.3) is 0 Å². The van der Waals surface area contributed by atoms with Gasteiger partial charge in [0.15, 0.2) is 0 Å². The lowest BCUT2D eigenvalue weighted by molar-refractivity contribution is 0.224. The summed E-state index contributed by atoms with van der Waals surface area (Å²) in [6.07, 6.45) is -0.851. The first kappa shape index (κ1) is 11.1.